The fourth-order valence-electron chi connectivity index (χ4n) is 3.64. The molecule has 1 saturated carbocycles. The highest BCUT2D eigenvalue weighted by Gasteiger charge is 2.31. The minimum absolute atomic E-state index is 0.0651. The zero-order valence-corrected chi connectivity index (χ0v) is 14.6. The van der Waals surface area contributed by atoms with Crippen molar-refractivity contribution in [2.45, 2.75) is 44.2 Å². The average Bonchev–Trinajstić information content (AvgIpc) is 2.67. The van der Waals surface area contributed by atoms with Gasteiger partial charge in [0.1, 0.15) is 5.82 Å². The molecule has 2 aliphatic rings. The Bertz CT molecular complexity index is 631. The molecule has 1 aromatic heterocycles. The van der Waals surface area contributed by atoms with Crippen LogP contribution in [0.5, 0.6) is 0 Å². The Kier molecular flexibility index (Phi) is 5.53. The third-order valence-corrected chi connectivity index (χ3v) is 5.10. The quantitative estimate of drug-likeness (QED) is 0.894. The number of carbonyl (C=O) groups is 2. The molecule has 25 heavy (non-hydrogen) atoms. The van der Waals surface area contributed by atoms with Gasteiger partial charge in [-0.3, -0.25) is 4.79 Å². The molecule has 0 radical (unpaired) electrons. The van der Waals surface area contributed by atoms with Crippen molar-refractivity contribution in [1.82, 2.24) is 9.88 Å². The first-order valence-electron chi connectivity index (χ1n) is 8.89. The second-order valence-electron chi connectivity index (χ2n) is 6.73. The molecule has 2 heterocycles. The van der Waals surface area contributed by atoms with Crippen LogP contribution >= 0.6 is 0 Å². The number of aromatic nitrogens is 1. The maximum Gasteiger partial charge on any atom is 0.334 e. The molecule has 3 rings (SSSR count). The predicted molar refractivity (Wildman–Crippen MR) is 92.8 cm³/mol. The molecule has 0 bridgehead atoms. The summed E-state index contributed by atoms with van der Waals surface area (Å²) in [5.41, 5.74) is 0.529. The number of pyridine rings is 1. The summed E-state index contributed by atoms with van der Waals surface area (Å²) in [4.78, 5) is 32.3. The van der Waals surface area contributed by atoms with E-state index in [4.69, 9.17) is 9.84 Å². The largest absolute Gasteiger partial charge is 0.479 e. The number of carboxylic acids is 1. The Balaban J connectivity index is 1.79. The van der Waals surface area contributed by atoms with Gasteiger partial charge in [0.05, 0.1) is 18.7 Å². The smallest absolute Gasteiger partial charge is 0.334 e. The van der Waals surface area contributed by atoms with Gasteiger partial charge in [0.15, 0.2) is 6.10 Å². The third kappa shape index (κ3) is 3.92. The lowest BCUT2D eigenvalue weighted by Crippen LogP contribution is -2.49. The molecule has 7 heteroatoms. The molecule has 2 fully saturated rings. The number of hydrogen-bond donors (Lipinski definition) is 1. The van der Waals surface area contributed by atoms with Crippen molar-refractivity contribution in [2.75, 3.05) is 31.6 Å². The van der Waals surface area contributed by atoms with E-state index in [1.165, 1.54) is 19.3 Å². The highest BCUT2D eigenvalue weighted by molar-refractivity contribution is 5.99. The maximum absolute atomic E-state index is 13.0. The first kappa shape index (κ1) is 17.7. The van der Waals surface area contributed by atoms with Crippen LogP contribution in [0.3, 0.4) is 0 Å². The first-order valence-corrected chi connectivity index (χ1v) is 8.89. The second-order valence-corrected chi connectivity index (χ2v) is 6.73. The van der Waals surface area contributed by atoms with Gasteiger partial charge in [-0.1, -0.05) is 19.3 Å². The predicted octanol–water partition coefficient (Wildman–Crippen LogP) is 1.78. The van der Waals surface area contributed by atoms with E-state index in [-0.39, 0.29) is 19.1 Å². The van der Waals surface area contributed by atoms with Crippen LogP contribution in [0, 0.1) is 0 Å². The fourth-order valence-corrected chi connectivity index (χ4v) is 3.64. The van der Waals surface area contributed by atoms with Gasteiger partial charge in [0, 0.05) is 25.8 Å². The lowest BCUT2D eigenvalue weighted by molar-refractivity contribution is -0.154. The molecule has 1 aliphatic heterocycles. The molecule has 1 atom stereocenters. The summed E-state index contributed by atoms with van der Waals surface area (Å²) in [6, 6.07) is 3.92. The Morgan fingerprint density at radius 3 is 2.80 bits per heavy atom. The molecule has 1 saturated heterocycles. The van der Waals surface area contributed by atoms with E-state index in [0.29, 0.717) is 24.0 Å². The summed E-state index contributed by atoms with van der Waals surface area (Å²) in [6.45, 7) is 0.691. The average molecular weight is 347 g/mol. The van der Waals surface area contributed by atoms with Crippen LogP contribution in [-0.4, -0.2) is 65.8 Å². The number of aliphatic carboxylic acids is 1. The maximum atomic E-state index is 13.0. The van der Waals surface area contributed by atoms with Crippen molar-refractivity contribution in [3.63, 3.8) is 0 Å². The van der Waals surface area contributed by atoms with Crippen molar-refractivity contribution >= 4 is 17.7 Å². The zero-order valence-electron chi connectivity index (χ0n) is 14.6. The van der Waals surface area contributed by atoms with Crippen LogP contribution in [0.1, 0.15) is 42.5 Å². The molecule has 7 nitrogen and oxygen atoms in total. The minimum atomic E-state index is -1.04. The van der Waals surface area contributed by atoms with E-state index in [1.54, 1.807) is 23.2 Å². The normalized spacial score (nSPS) is 21.8. The lowest BCUT2D eigenvalue weighted by atomic mass is 9.94. The topological polar surface area (TPSA) is 83.0 Å². The van der Waals surface area contributed by atoms with Gasteiger partial charge in [0.25, 0.3) is 5.91 Å². The Labute approximate surface area is 147 Å². The number of rotatable bonds is 4. The van der Waals surface area contributed by atoms with Crippen molar-refractivity contribution in [3.8, 4) is 0 Å². The molecule has 0 aromatic carbocycles. The van der Waals surface area contributed by atoms with Gasteiger partial charge in [-0.2, -0.15) is 0 Å². The first-order chi connectivity index (χ1) is 12.1. The van der Waals surface area contributed by atoms with E-state index in [9.17, 15) is 9.59 Å². The third-order valence-electron chi connectivity index (χ3n) is 5.10. The number of carbonyl (C=O) groups excluding carboxylic acids is 1. The van der Waals surface area contributed by atoms with Crippen LogP contribution in [0.15, 0.2) is 18.3 Å². The molecule has 1 aliphatic carbocycles. The number of ether oxygens (including phenoxy) is 1. The van der Waals surface area contributed by atoms with Gasteiger partial charge in [-0.05, 0) is 25.0 Å². The number of morpholine rings is 1. The Hall–Kier alpha value is -2.15. The lowest BCUT2D eigenvalue weighted by Gasteiger charge is -2.35. The number of nitrogens with zero attached hydrogens (tertiary/aromatic N) is 3. The van der Waals surface area contributed by atoms with Crippen LogP contribution in [-0.2, 0) is 9.53 Å². The molecule has 1 amide bonds. The minimum Gasteiger partial charge on any atom is -0.479 e. The van der Waals surface area contributed by atoms with E-state index in [1.807, 2.05) is 7.05 Å². The Morgan fingerprint density at radius 2 is 2.08 bits per heavy atom. The second kappa shape index (κ2) is 7.82. The zero-order chi connectivity index (χ0) is 17.8. The molecule has 1 N–H and O–H groups in total. The Morgan fingerprint density at radius 1 is 1.32 bits per heavy atom. The summed E-state index contributed by atoms with van der Waals surface area (Å²) >= 11 is 0. The molecular weight excluding hydrogens is 322 g/mol. The van der Waals surface area contributed by atoms with Gasteiger partial charge >= 0.3 is 5.97 Å². The summed E-state index contributed by atoms with van der Waals surface area (Å²) in [7, 11) is 1.99. The molecular formula is C18H25N3O4. The van der Waals surface area contributed by atoms with E-state index < -0.39 is 12.1 Å². The molecule has 1 aromatic rings. The van der Waals surface area contributed by atoms with Gasteiger partial charge in [0.2, 0.25) is 0 Å². The summed E-state index contributed by atoms with van der Waals surface area (Å²) < 4.78 is 5.21. The van der Waals surface area contributed by atoms with Gasteiger partial charge < -0.3 is 19.6 Å². The number of amides is 1. The summed E-state index contributed by atoms with van der Waals surface area (Å²) in [5, 5.41) is 9.14. The van der Waals surface area contributed by atoms with E-state index in [0.717, 1.165) is 12.8 Å². The van der Waals surface area contributed by atoms with E-state index in [2.05, 4.69) is 9.88 Å². The van der Waals surface area contributed by atoms with Crippen LogP contribution < -0.4 is 4.90 Å². The summed E-state index contributed by atoms with van der Waals surface area (Å²) in [5.74, 6) is -0.540. The van der Waals surface area contributed by atoms with Crippen molar-refractivity contribution < 1.29 is 19.4 Å². The fraction of sp³-hybridized carbons (Fsp3) is 0.611. The van der Waals surface area contributed by atoms with Crippen LogP contribution in [0.4, 0.5) is 5.82 Å². The number of hydrogen-bond acceptors (Lipinski definition) is 5. The number of anilines is 1. The standard InChI is InChI=1S/C18H25N3O4/c1-20(13-6-3-2-4-7-13)16-14(8-5-9-19-16)17(22)21-10-11-25-15(12-21)18(23)24/h5,8-9,13,15H,2-4,6-7,10-12H2,1H3,(H,23,24)/t15-/m1/s1. The van der Waals surface area contributed by atoms with Gasteiger partial charge in [-0.25, -0.2) is 9.78 Å². The van der Waals surface area contributed by atoms with Crippen molar-refractivity contribution in [3.05, 3.63) is 23.9 Å². The van der Waals surface area contributed by atoms with E-state index >= 15 is 0 Å². The highest BCUT2D eigenvalue weighted by Crippen LogP contribution is 2.27. The SMILES string of the molecule is CN(c1ncccc1C(=O)N1CCO[C@@H](C(=O)O)C1)C1CCCCC1. The number of carboxylic acid groups (broad SMARTS) is 1. The summed E-state index contributed by atoms with van der Waals surface area (Å²) in [6.07, 6.45) is 6.63. The van der Waals surface area contributed by atoms with Crippen LogP contribution in [0.2, 0.25) is 0 Å². The molecule has 0 spiro atoms. The van der Waals surface area contributed by atoms with Gasteiger partial charge in [-0.15, -0.1) is 0 Å². The molecule has 0 unspecified atom stereocenters. The highest BCUT2D eigenvalue weighted by atomic mass is 16.5. The van der Waals surface area contributed by atoms with Crippen molar-refractivity contribution in [1.29, 1.82) is 0 Å². The molecule has 136 valence electrons. The monoisotopic (exact) mass is 347 g/mol. The van der Waals surface area contributed by atoms with Crippen molar-refractivity contribution in [2.24, 2.45) is 0 Å². The van der Waals surface area contributed by atoms with Crippen LogP contribution in [0.25, 0.3) is 0 Å².